The van der Waals surface area contributed by atoms with Crippen molar-refractivity contribution in [2.24, 2.45) is 0 Å². The number of aryl methyl sites for hydroxylation is 1. The van der Waals surface area contributed by atoms with Crippen molar-refractivity contribution >= 4 is 16.9 Å². The number of carbonyl (C=O) groups is 1. The fourth-order valence-electron chi connectivity index (χ4n) is 4.45. The maximum absolute atomic E-state index is 12.6. The highest BCUT2D eigenvalue weighted by Gasteiger charge is 2.38. The summed E-state index contributed by atoms with van der Waals surface area (Å²) < 4.78 is 5.31. The number of rotatable bonds is 3. The van der Waals surface area contributed by atoms with Crippen LogP contribution in [0.5, 0.6) is 5.75 Å². The summed E-state index contributed by atoms with van der Waals surface area (Å²) in [5.41, 5.74) is 0.717. The zero-order valence-electron chi connectivity index (χ0n) is 16.6. The minimum Gasteiger partial charge on any atom is -0.508 e. The SMILES string of the molecule is Cc1c(CC(=O)NC2CC(C)(C)NC(C)(C)C2)c(=O)oc2cc(O)ccc12. The molecule has 1 aromatic carbocycles. The van der Waals surface area contributed by atoms with Crippen LogP contribution in [0.2, 0.25) is 0 Å². The number of carbonyl (C=O) groups excluding carboxylic acids is 1. The molecule has 146 valence electrons. The van der Waals surface area contributed by atoms with Crippen LogP contribution in [0.1, 0.15) is 51.7 Å². The van der Waals surface area contributed by atoms with E-state index in [9.17, 15) is 14.7 Å². The van der Waals surface area contributed by atoms with Crippen molar-refractivity contribution in [3.8, 4) is 5.75 Å². The fraction of sp³-hybridized carbons (Fsp3) is 0.524. The molecule has 0 saturated carbocycles. The Morgan fingerprint density at radius 1 is 1.26 bits per heavy atom. The van der Waals surface area contributed by atoms with Gasteiger partial charge < -0.3 is 20.2 Å². The molecule has 1 aliphatic rings. The molecular formula is C21H28N2O4. The van der Waals surface area contributed by atoms with Crippen molar-refractivity contribution in [3.63, 3.8) is 0 Å². The summed E-state index contributed by atoms with van der Waals surface area (Å²) in [6, 6.07) is 4.70. The third-order valence-corrected chi connectivity index (χ3v) is 5.16. The second kappa shape index (κ2) is 6.68. The Kier molecular flexibility index (Phi) is 4.80. The Bertz CT molecular complexity index is 927. The van der Waals surface area contributed by atoms with Gasteiger partial charge in [0.15, 0.2) is 0 Å². The zero-order valence-corrected chi connectivity index (χ0v) is 16.6. The summed E-state index contributed by atoms with van der Waals surface area (Å²) in [7, 11) is 0. The van der Waals surface area contributed by atoms with Gasteiger partial charge in [-0.1, -0.05) is 0 Å². The smallest absolute Gasteiger partial charge is 0.340 e. The van der Waals surface area contributed by atoms with Gasteiger partial charge in [0.05, 0.1) is 12.0 Å². The van der Waals surface area contributed by atoms with Crippen LogP contribution >= 0.6 is 0 Å². The van der Waals surface area contributed by atoms with E-state index in [2.05, 4.69) is 38.3 Å². The van der Waals surface area contributed by atoms with E-state index in [1.807, 2.05) is 0 Å². The summed E-state index contributed by atoms with van der Waals surface area (Å²) in [4.78, 5) is 25.0. The molecule has 0 radical (unpaired) electrons. The summed E-state index contributed by atoms with van der Waals surface area (Å²) in [5.74, 6) is -0.145. The Morgan fingerprint density at radius 2 is 1.89 bits per heavy atom. The molecule has 2 heterocycles. The first-order valence-electron chi connectivity index (χ1n) is 9.30. The topological polar surface area (TPSA) is 91.6 Å². The molecule has 0 bridgehead atoms. The van der Waals surface area contributed by atoms with Crippen molar-refractivity contribution in [3.05, 3.63) is 39.7 Å². The lowest BCUT2D eigenvalue weighted by atomic mass is 9.79. The standard InChI is InChI=1S/C21H28N2O4/c1-12-15-7-6-14(24)8-17(15)27-19(26)16(12)9-18(25)22-13-10-20(2,3)23-21(4,5)11-13/h6-8,13,23-24H,9-11H2,1-5H3,(H,22,25). The Morgan fingerprint density at radius 3 is 2.52 bits per heavy atom. The van der Waals surface area contributed by atoms with Crippen LogP contribution in [-0.2, 0) is 11.2 Å². The third kappa shape index (κ3) is 4.33. The second-order valence-electron chi connectivity index (χ2n) is 8.92. The highest BCUT2D eigenvalue weighted by atomic mass is 16.4. The lowest BCUT2D eigenvalue weighted by Gasteiger charge is -2.46. The summed E-state index contributed by atoms with van der Waals surface area (Å²) in [6.45, 7) is 10.3. The van der Waals surface area contributed by atoms with E-state index in [-0.39, 0.29) is 35.2 Å². The van der Waals surface area contributed by atoms with E-state index >= 15 is 0 Å². The Hall–Kier alpha value is -2.34. The summed E-state index contributed by atoms with van der Waals surface area (Å²) in [6.07, 6.45) is 1.63. The molecular weight excluding hydrogens is 344 g/mol. The van der Waals surface area contributed by atoms with Gasteiger partial charge in [0.1, 0.15) is 11.3 Å². The van der Waals surface area contributed by atoms with Crippen molar-refractivity contribution in [1.82, 2.24) is 10.6 Å². The molecule has 3 rings (SSSR count). The van der Waals surface area contributed by atoms with Gasteiger partial charge in [-0.15, -0.1) is 0 Å². The van der Waals surface area contributed by atoms with Gasteiger partial charge in [0.25, 0.3) is 0 Å². The van der Waals surface area contributed by atoms with Gasteiger partial charge in [0, 0.05) is 28.6 Å². The first kappa shape index (κ1) is 19.4. The molecule has 2 aromatic rings. The molecule has 6 heteroatoms. The highest BCUT2D eigenvalue weighted by Crippen LogP contribution is 2.29. The molecule has 1 saturated heterocycles. The van der Waals surface area contributed by atoms with Gasteiger partial charge >= 0.3 is 5.63 Å². The van der Waals surface area contributed by atoms with Crippen LogP contribution in [0.3, 0.4) is 0 Å². The number of aromatic hydroxyl groups is 1. The number of piperidine rings is 1. The van der Waals surface area contributed by atoms with Crippen molar-refractivity contribution in [2.75, 3.05) is 0 Å². The fourth-order valence-corrected chi connectivity index (χ4v) is 4.45. The number of phenolic OH excluding ortho intramolecular Hbond substituents is 1. The number of hydrogen-bond acceptors (Lipinski definition) is 5. The molecule has 0 spiro atoms. The molecule has 0 atom stereocenters. The third-order valence-electron chi connectivity index (χ3n) is 5.16. The van der Waals surface area contributed by atoms with E-state index in [0.29, 0.717) is 16.7 Å². The van der Waals surface area contributed by atoms with Gasteiger partial charge in [0.2, 0.25) is 5.91 Å². The maximum atomic E-state index is 12.6. The van der Waals surface area contributed by atoms with Gasteiger partial charge in [-0.05, 0) is 65.2 Å². The average molecular weight is 372 g/mol. The number of amides is 1. The van der Waals surface area contributed by atoms with Gasteiger partial charge in [-0.25, -0.2) is 4.79 Å². The van der Waals surface area contributed by atoms with Crippen molar-refractivity contribution < 1.29 is 14.3 Å². The normalized spacial score (nSPS) is 19.1. The molecule has 0 unspecified atom stereocenters. The lowest BCUT2D eigenvalue weighted by Crippen LogP contribution is -2.62. The van der Waals surface area contributed by atoms with Crippen LogP contribution in [0.15, 0.2) is 27.4 Å². The molecule has 1 amide bonds. The van der Waals surface area contributed by atoms with E-state index in [1.165, 1.54) is 6.07 Å². The van der Waals surface area contributed by atoms with Crippen LogP contribution in [-0.4, -0.2) is 28.1 Å². The monoisotopic (exact) mass is 372 g/mol. The summed E-state index contributed by atoms with van der Waals surface area (Å²) >= 11 is 0. The molecule has 27 heavy (non-hydrogen) atoms. The number of hydrogen-bond donors (Lipinski definition) is 3. The van der Waals surface area contributed by atoms with Crippen molar-refractivity contribution in [2.45, 2.75) is 71.0 Å². The molecule has 3 N–H and O–H groups in total. The summed E-state index contributed by atoms with van der Waals surface area (Å²) in [5, 5.41) is 17.0. The van der Waals surface area contributed by atoms with E-state index in [4.69, 9.17) is 4.42 Å². The van der Waals surface area contributed by atoms with Gasteiger partial charge in [-0.3, -0.25) is 4.79 Å². The zero-order chi connectivity index (χ0) is 20.0. The lowest BCUT2D eigenvalue weighted by molar-refractivity contribution is -0.121. The molecule has 1 aromatic heterocycles. The minimum atomic E-state index is -0.535. The molecule has 0 aliphatic carbocycles. The predicted octanol–water partition coefficient (Wildman–Crippen LogP) is 2.77. The van der Waals surface area contributed by atoms with E-state index in [0.717, 1.165) is 18.2 Å². The average Bonchev–Trinajstić information content (AvgIpc) is 2.47. The highest BCUT2D eigenvalue weighted by molar-refractivity contribution is 5.85. The number of fused-ring (bicyclic) bond motifs is 1. The Balaban J connectivity index is 1.80. The largest absolute Gasteiger partial charge is 0.508 e. The van der Waals surface area contributed by atoms with Crippen LogP contribution < -0.4 is 16.3 Å². The predicted molar refractivity (Wildman–Crippen MR) is 105 cm³/mol. The molecule has 6 nitrogen and oxygen atoms in total. The first-order valence-corrected chi connectivity index (χ1v) is 9.30. The first-order chi connectivity index (χ1) is 12.5. The van der Waals surface area contributed by atoms with Crippen LogP contribution in [0, 0.1) is 6.92 Å². The van der Waals surface area contributed by atoms with Crippen LogP contribution in [0.4, 0.5) is 0 Å². The van der Waals surface area contributed by atoms with Crippen molar-refractivity contribution in [1.29, 1.82) is 0 Å². The van der Waals surface area contributed by atoms with E-state index in [1.54, 1.807) is 19.1 Å². The Labute approximate surface area is 159 Å². The number of phenols is 1. The maximum Gasteiger partial charge on any atom is 0.340 e. The minimum absolute atomic E-state index is 0.0181. The molecule has 1 fully saturated rings. The number of nitrogens with one attached hydrogen (secondary N) is 2. The number of benzene rings is 1. The van der Waals surface area contributed by atoms with E-state index < -0.39 is 5.63 Å². The second-order valence-corrected chi connectivity index (χ2v) is 8.92. The van der Waals surface area contributed by atoms with Gasteiger partial charge in [-0.2, -0.15) is 0 Å². The van der Waals surface area contributed by atoms with Crippen LogP contribution in [0.25, 0.3) is 11.0 Å². The quantitative estimate of drug-likeness (QED) is 0.721. The molecule has 1 aliphatic heterocycles.